The molecule has 0 aromatic heterocycles. The first-order valence-corrected chi connectivity index (χ1v) is 9.99. The summed E-state index contributed by atoms with van der Waals surface area (Å²) in [5, 5.41) is 3.18. The van der Waals surface area contributed by atoms with Crippen LogP contribution < -0.4 is 5.32 Å². The normalized spacial score (nSPS) is 17.8. The van der Waals surface area contributed by atoms with Gasteiger partial charge in [0, 0.05) is 33.2 Å². The van der Waals surface area contributed by atoms with E-state index in [1.165, 1.54) is 16.9 Å². The van der Waals surface area contributed by atoms with E-state index >= 15 is 0 Å². The van der Waals surface area contributed by atoms with Crippen LogP contribution in [0.2, 0.25) is 0 Å². The summed E-state index contributed by atoms with van der Waals surface area (Å²) in [5.41, 5.74) is 2.38. The number of likely N-dealkylation sites (N-methyl/N-ethyl adjacent to an activating group) is 1. The molecule has 0 saturated carbocycles. The third kappa shape index (κ3) is 4.53. The highest BCUT2D eigenvalue weighted by molar-refractivity contribution is 7.89. The predicted octanol–water partition coefficient (Wildman–Crippen LogP) is 1.04. The molecule has 1 heterocycles. The minimum atomic E-state index is -3.64. The summed E-state index contributed by atoms with van der Waals surface area (Å²) >= 11 is 0. The average Bonchev–Trinajstić information content (AvgIpc) is 2.61. The molecular weight excluding hydrogens is 362 g/mol. The molecule has 1 aliphatic carbocycles. The van der Waals surface area contributed by atoms with Gasteiger partial charge in [-0.3, -0.25) is 4.79 Å². The van der Waals surface area contributed by atoms with E-state index in [1.807, 2.05) is 6.07 Å². The van der Waals surface area contributed by atoms with E-state index in [2.05, 4.69) is 5.32 Å². The second-order valence-electron chi connectivity index (χ2n) is 6.53. The molecule has 1 saturated heterocycles. The number of hydrogen-bond acceptors (Lipinski definition) is 4. The van der Waals surface area contributed by atoms with Crippen LogP contribution in [0.4, 0.5) is 0 Å². The van der Waals surface area contributed by atoms with Crippen LogP contribution in [-0.2, 0) is 27.7 Å². The van der Waals surface area contributed by atoms with Crippen molar-refractivity contribution >= 4 is 28.3 Å². The van der Waals surface area contributed by atoms with Gasteiger partial charge in [-0.25, -0.2) is 8.42 Å². The summed E-state index contributed by atoms with van der Waals surface area (Å²) in [6.45, 7) is 2.66. The lowest BCUT2D eigenvalue weighted by Crippen LogP contribution is -2.49. The molecule has 0 radical (unpaired) electrons. The number of carbonyl (C=O) groups is 1. The standard InChI is InChI=1S/C17H25N3O3S.ClH/c1-19(13-17(21)20-10-8-18-9-11-20)24(22,23)16-7-6-14-4-2-3-5-15(14)12-16;/h6-7,12,18H,2-5,8-11,13H2,1H3;1H. The number of rotatable bonds is 4. The maximum Gasteiger partial charge on any atom is 0.243 e. The minimum absolute atomic E-state index is 0. The van der Waals surface area contributed by atoms with Crippen LogP contribution in [0.5, 0.6) is 0 Å². The van der Waals surface area contributed by atoms with Crippen molar-refractivity contribution in [2.45, 2.75) is 30.6 Å². The summed E-state index contributed by atoms with van der Waals surface area (Å²) in [6, 6.07) is 5.38. The molecule has 25 heavy (non-hydrogen) atoms. The fraction of sp³-hybridized carbons (Fsp3) is 0.588. The molecule has 3 rings (SSSR count). The molecule has 0 spiro atoms. The Morgan fingerprint density at radius 2 is 1.80 bits per heavy atom. The summed E-state index contributed by atoms with van der Waals surface area (Å²) in [7, 11) is -2.15. The number of fused-ring (bicyclic) bond motifs is 1. The van der Waals surface area contributed by atoms with Gasteiger partial charge in [0.05, 0.1) is 11.4 Å². The smallest absolute Gasteiger partial charge is 0.243 e. The number of amides is 1. The van der Waals surface area contributed by atoms with Crippen molar-refractivity contribution in [3.8, 4) is 0 Å². The SMILES string of the molecule is CN(CC(=O)N1CCNCC1)S(=O)(=O)c1ccc2c(c1)CCCC2.Cl. The Kier molecular flexibility index (Phi) is 6.85. The molecule has 2 aliphatic rings. The van der Waals surface area contributed by atoms with Crippen molar-refractivity contribution in [3.05, 3.63) is 29.3 Å². The minimum Gasteiger partial charge on any atom is -0.339 e. The molecule has 1 fully saturated rings. The first-order valence-electron chi connectivity index (χ1n) is 8.55. The quantitative estimate of drug-likeness (QED) is 0.838. The van der Waals surface area contributed by atoms with E-state index in [0.29, 0.717) is 18.0 Å². The monoisotopic (exact) mass is 387 g/mol. The van der Waals surface area contributed by atoms with Crippen LogP contribution in [-0.4, -0.2) is 63.3 Å². The number of sulfonamides is 1. The molecule has 0 unspecified atom stereocenters. The van der Waals surface area contributed by atoms with Crippen molar-refractivity contribution in [2.75, 3.05) is 39.8 Å². The molecule has 6 nitrogen and oxygen atoms in total. The highest BCUT2D eigenvalue weighted by Crippen LogP contribution is 2.25. The van der Waals surface area contributed by atoms with Gasteiger partial charge in [0.1, 0.15) is 0 Å². The number of benzene rings is 1. The van der Waals surface area contributed by atoms with E-state index in [4.69, 9.17) is 0 Å². The largest absolute Gasteiger partial charge is 0.339 e. The molecular formula is C17H26ClN3O3S. The van der Waals surface area contributed by atoms with Crippen LogP contribution in [0.25, 0.3) is 0 Å². The zero-order chi connectivity index (χ0) is 17.2. The molecule has 0 bridgehead atoms. The van der Waals surface area contributed by atoms with Gasteiger partial charge in [-0.15, -0.1) is 12.4 Å². The first kappa shape index (κ1) is 20.2. The summed E-state index contributed by atoms with van der Waals surface area (Å²) < 4.78 is 26.7. The fourth-order valence-electron chi connectivity index (χ4n) is 3.34. The second-order valence-corrected chi connectivity index (χ2v) is 8.57. The topological polar surface area (TPSA) is 69.7 Å². The Hall–Kier alpha value is -1.15. The van der Waals surface area contributed by atoms with E-state index in [-0.39, 0.29) is 24.9 Å². The lowest BCUT2D eigenvalue weighted by Gasteiger charge is -2.29. The van der Waals surface area contributed by atoms with Gasteiger partial charge in [-0.1, -0.05) is 6.07 Å². The van der Waals surface area contributed by atoms with Crippen LogP contribution in [0, 0.1) is 0 Å². The number of nitrogens with one attached hydrogen (secondary N) is 1. The van der Waals surface area contributed by atoms with Gasteiger partial charge < -0.3 is 10.2 Å². The van der Waals surface area contributed by atoms with Crippen LogP contribution in [0.1, 0.15) is 24.0 Å². The highest BCUT2D eigenvalue weighted by Gasteiger charge is 2.26. The zero-order valence-electron chi connectivity index (χ0n) is 14.5. The first-order chi connectivity index (χ1) is 11.5. The van der Waals surface area contributed by atoms with Crippen molar-refractivity contribution in [1.29, 1.82) is 0 Å². The summed E-state index contributed by atoms with van der Waals surface area (Å²) in [6.07, 6.45) is 4.22. The molecule has 8 heteroatoms. The lowest BCUT2D eigenvalue weighted by atomic mass is 9.92. The third-order valence-electron chi connectivity index (χ3n) is 4.86. The van der Waals surface area contributed by atoms with E-state index in [0.717, 1.165) is 44.3 Å². The number of halogens is 1. The van der Waals surface area contributed by atoms with Gasteiger partial charge >= 0.3 is 0 Å². The van der Waals surface area contributed by atoms with Crippen LogP contribution in [0.3, 0.4) is 0 Å². The lowest BCUT2D eigenvalue weighted by molar-refractivity contribution is -0.131. The Balaban J connectivity index is 0.00000225. The number of hydrogen-bond donors (Lipinski definition) is 1. The number of aryl methyl sites for hydroxylation is 2. The van der Waals surface area contributed by atoms with E-state index in [9.17, 15) is 13.2 Å². The van der Waals surface area contributed by atoms with Gasteiger partial charge in [-0.05, 0) is 48.9 Å². The Morgan fingerprint density at radius 3 is 2.48 bits per heavy atom. The van der Waals surface area contributed by atoms with Gasteiger partial charge in [-0.2, -0.15) is 4.31 Å². The fourth-order valence-corrected chi connectivity index (χ4v) is 4.51. The number of carbonyl (C=O) groups excluding carboxylic acids is 1. The van der Waals surface area contributed by atoms with Crippen molar-refractivity contribution in [1.82, 2.24) is 14.5 Å². The second kappa shape index (κ2) is 8.49. The van der Waals surface area contributed by atoms with E-state index < -0.39 is 10.0 Å². The van der Waals surface area contributed by atoms with Crippen molar-refractivity contribution in [3.63, 3.8) is 0 Å². The highest BCUT2D eigenvalue weighted by atomic mass is 35.5. The molecule has 1 aromatic rings. The van der Waals surface area contributed by atoms with Gasteiger partial charge in [0.2, 0.25) is 15.9 Å². The van der Waals surface area contributed by atoms with Crippen LogP contribution >= 0.6 is 12.4 Å². The molecule has 1 aliphatic heterocycles. The maximum absolute atomic E-state index is 12.8. The Labute approximate surface area is 156 Å². The van der Waals surface area contributed by atoms with Crippen LogP contribution in [0.15, 0.2) is 23.1 Å². The molecule has 1 N–H and O–H groups in total. The van der Waals surface area contributed by atoms with Crippen molar-refractivity contribution < 1.29 is 13.2 Å². The predicted molar refractivity (Wildman–Crippen MR) is 99.6 cm³/mol. The van der Waals surface area contributed by atoms with Crippen molar-refractivity contribution in [2.24, 2.45) is 0 Å². The molecule has 140 valence electrons. The zero-order valence-corrected chi connectivity index (χ0v) is 16.2. The molecule has 1 amide bonds. The maximum atomic E-state index is 12.8. The van der Waals surface area contributed by atoms with Gasteiger partial charge in [0.15, 0.2) is 0 Å². The summed E-state index contributed by atoms with van der Waals surface area (Å²) in [5.74, 6) is -0.138. The number of piperazine rings is 1. The summed E-state index contributed by atoms with van der Waals surface area (Å²) in [4.78, 5) is 14.3. The van der Waals surface area contributed by atoms with Gasteiger partial charge in [0.25, 0.3) is 0 Å². The Morgan fingerprint density at radius 1 is 1.16 bits per heavy atom. The average molecular weight is 388 g/mol. The van der Waals surface area contributed by atoms with E-state index in [1.54, 1.807) is 17.0 Å². The molecule has 0 atom stereocenters. The Bertz CT molecular complexity index is 718. The third-order valence-corrected chi connectivity index (χ3v) is 6.66. The number of nitrogens with zero attached hydrogens (tertiary/aromatic N) is 2. The molecule has 1 aromatic carbocycles.